The number of piperidine rings is 1. The van der Waals surface area contributed by atoms with Crippen LogP contribution in [0.25, 0.3) is 0 Å². The van der Waals surface area contributed by atoms with E-state index in [1.54, 1.807) is 18.3 Å². The molecule has 0 aliphatic carbocycles. The molecule has 7 nitrogen and oxygen atoms in total. The zero-order chi connectivity index (χ0) is 28.0. The molecule has 3 unspecified atom stereocenters. The van der Waals surface area contributed by atoms with Crippen molar-refractivity contribution in [3.8, 4) is 0 Å². The van der Waals surface area contributed by atoms with Gasteiger partial charge < -0.3 is 15.5 Å². The lowest BCUT2D eigenvalue weighted by molar-refractivity contribution is -0.384. The minimum Gasteiger partial charge on any atom is -0.377 e. The molecule has 5 rings (SSSR count). The highest BCUT2D eigenvalue weighted by Crippen LogP contribution is 2.42. The average molecular weight is 537 g/mol. The summed E-state index contributed by atoms with van der Waals surface area (Å²) in [6, 6.07) is 27.6. The molecule has 7 heteroatoms. The van der Waals surface area contributed by atoms with Crippen LogP contribution >= 0.6 is 0 Å². The molecule has 2 N–H and O–H groups in total. The number of amides is 1. The summed E-state index contributed by atoms with van der Waals surface area (Å²) < 4.78 is 0. The highest BCUT2D eigenvalue weighted by atomic mass is 16.6. The molecule has 0 saturated carbocycles. The number of nitro benzene ring substituents is 1. The van der Waals surface area contributed by atoms with Gasteiger partial charge in [-0.15, -0.1) is 0 Å². The number of rotatable bonds is 9. The van der Waals surface area contributed by atoms with E-state index in [0.29, 0.717) is 6.42 Å². The van der Waals surface area contributed by atoms with Crippen LogP contribution in [0.15, 0.2) is 109 Å². The Morgan fingerprint density at radius 1 is 0.975 bits per heavy atom. The molecular weight excluding hydrogens is 500 g/mol. The molecule has 2 aliphatic heterocycles. The fourth-order valence-electron chi connectivity index (χ4n) is 6.07. The quantitative estimate of drug-likeness (QED) is 0.272. The lowest BCUT2D eigenvalue weighted by Crippen LogP contribution is -2.48. The summed E-state index contributed by atoms with van der Waals surface area (Å²) in [6.07, 6.45) is 9.98. The zero-order valence-electron chi connectivity index (χ0n) is 22.8. The van der Waals surface area contributed by atoms with Gasteiger partial charge in [0.1, 0.15) is 6.04 Å². The van der Waals surface area contributed by atoms with Crippen molar-refractivity contribution in [3.05, 3.63) is 136 Å². The Labute approximate surface area is 235 Å². The number of carbonyl (C=O) groups excluding carboxylic acids is 1. The van der Waals surface area contributed by atoms with Crippen molar-refractivity contribution in [2.75, 3.05) is 13.1 Å². The van der Waals surface area contributed by atoms with Gasteiger partial charge >= 0.3 is 0 Å². The Morgan fingerprint density at radius 3 is 2.10 bits per heavy atom. The van der Waals surface area contributed by atoms with Gasteiger partial charge in [-0.1, -0.05) is 84.9 Å². The van der Waals surface area contributed by atoms with Gasteiger partial charge in [0.25, 0.3) is 5.69 Å². The molecule has 2 aliphatic rings. The molecule has 1 fully saturated rings. The largest absolute Gasteiger partial charge is 0.377 e. The van der Waals surface area contributed by atoms with Crippen LogP contribution in [-0.2, 0) is 10.2 Å². The van der Waals surface area contributed by atoms with Gasteiger partial charge in [-0.25, -0.2) is 0 Å². The predicted molar refractivity (Wildman–Crippen MR) is 158 cm³/mol. The maximum atomic E-state index is 13.1. The average Bonchev–Trinajstić information content (AvgIpc) is 3.02. The molecule has 1 amide bonds. The van der Waals surface area contributed by atoms with Crippen molar-refractivity contribution in [2.45, 2.75) is 49.7 Å². The molecule has 3 aromatic rings. The van der Waals surface area contributed by atoms with Crippen molar-refractivity contribution < 1.29 is 9.72 Å². The van der Waals surface area contributed by atoms with Crippen LogP contribution in [0.2, 0.25) is 0 Å². The van der Waals surface area contributed by atoms with E-state index in [9.17, 15) is 14.9 Å². The summed E-state index contributed by atoms with van der Waals surface area (Å²) in [5, 5.41) is 17.5. The second-order valence-electron chi connectivity index (χ2n) is 10.7. The molecule has 206 valence electrons. The van der Waals surface area contributed by atoms with Crippen LogP contribution in [0.1, 0.15) is 48.9 Å². The number of dihydropyridines is 1. The topological polar surface area (TPSA) is 87.5 Å². The molecule has 0 spiro atoms. The van der Waals surface area contributed by atoms with E-state index in [1.807, 2.05) is 18.2 Å². The monoisotopic (exact) mass is 536 g/mol. The van der Waals surface area contributed by atoms with Crippen LogP contribution in [0.4, 0.5) is 5.69 Å². The van der Waals surface area contributed by atoms with Crippen LogP contribution in [0, 0.1) is 10.1 Å². The molecule has 2 heterocycles. The first kappa shape index (κ1) is 27.3. The molecule has 1 saturated heterocycles. The van der Waals surface area contributed by atoms with Crippen molar-refractivity contribution in [1.29, 1.82) is 0 Å². The Bertz CT molecular complexity index is 1310. The number of carbonyl (C=O) groups is 1. The summed E-state index contributed by atoms with van der Waals surface area (Å²) >= 11 is 0. The minimum atomic E-state index is -0.451. The van der Waals surface area contributed by atoms with Crippen molar-refractivity contribution in [1.82, 2.24) is 15.5 Å². The lowest BCUT2D eigenvalue weighted by Gasteiger charge is -2.45. The van der Waals surface area contributed by atoms with Gasteiger partial charge in [-0.3, -0.25) is 14.9 Å². The third-order valence-corrected chi connectivity index (χ3v) is 8.40. The van der Waals surface area contributed by atoms with Crippen molar-refractivity contribution >= 4 is 11.6 Å². The van der Waals surface area contributed by atoms with E-state index < -0.39 is 11.0 Å². The smallest absolute Gasteiger partial charge is 0.269 e. The van der Waals surface area contributed by atoms with E-state index >= 15 is 0 Å². The Kier molecular flexibility index (Phi) is 8.41. The fourth-order valence-corrected chi connectivity index (χ4v) is 6.07. The SMILES string of the molecule is CC(CC(NC(=O)C1C=CC=CN1)c1ccc([N+](=O)[O-])cc1)N1CCC(c2ccccc2)(c2ccccc2)CC1. The first-order valence-electron chi connectivity index (χ1n) is 14.0. The number of hydrogen-bond donors (Lipinski definition) is 2. The van der Waals surface area contributed by atoms with Crippen LogP contribution in [0.5, 0.6) is 0 Å². The number of allylic oxidation sites excluding steroid dienone is 2. The van der Waals surface area contributed by atoms with Crippen molar-refractivity contribution in [2.24, 2.45) is 0 Å². The van der Waals surface area contributed by atoms with Crippen LogP contribution in [-0.4, -0.2) is 40.9 Å². The van der Waals surface area contributed by atoms with Gasteiger partial charge in [0.05, 0.1) is 11.0 Å². The maximum Gasteiger partial charge on any atom is 0.269 e. The second-order valence-corrected chi connectivity index (χ2v) is 10.7. The normalized spacial score (nSPS) is 19.8. The molecule has 0 radical (unpaired) electrons. The Balaban J connectivity index is 1.33. The minimum absolute atomic E-state index is 0.0305. The van der Waals surface area contributed by atoms with E-state index in [4.69, 9.17) is 0 Å². The molecule has 40 heavy (non-hydrogen) atoms. The van der Waals surface area contributed by atoms with Crippen molar-refractivity contribution in [3.63, 3.8) is 0 Å². The van der Waals surface area contributed by atoms with Gasteiger partial charge in [-0.05, 0) is 68.2 Å². The lowest BCUT2D eigenvalue weighted by atomic mass is 9.68. The van der Waals surface area contributed by atoms with Gasteiger partial charge in [0, 0.05) is 23.6 Å². The second kappa shape index (κ2) is 12.3. The predicted octanol–water partition coefficient (Wildman–Crippen LogP) is 5.65. The number of nitrogens with zero attached hydrogens (tertiary/aromatic N) is 2. The zero-order valence-corrected chi connectivity index (χ0v) is 22.8. The first-order valence-corrected chi connectivity index (χ1v) is 14.0. The number of nitro groups is 1. The summed E-state index contributed by atoms with van der Waals surface area (Å²) in [4.78, 5) is 26.5. The number of non-ortho nitro benzene ring substituents is 1. The number of nitrogens with one attached hydrogen (secondary N) is 2. The highest BCUT2D eigenvalue weighted by Gasteiger charge is 2.39. The van der Waals surface area contributed by atoms with E-state index in [2.05, 4.69) is 83.1 Å². The van der Waals surface area contributed by atoms with Gasteiger partial charge in [-0.2, -0.15) is 0 Å². The summed E-state index contributed by atoms with van der Waals surface area (Å²) in [5.41, 5.74) is 3.58. The Hall–Kier alpha value is -4.23. The third kappa shape index (κ3) is 6.00. The molecular formula is C33H36N4O3. The highest BCUT2D eigenvalue weighted by molar-refractivity contribution is 5.84. The summed E-state index contributed by atoms with van der Waals surface area (Å²) in [5.74, 6) is -0.123. The third-order valence-electron chi connectivity index (χ3n) is 8.40. The molecule has 3 aromatic carbocycles. The summed E-state index contributed by atoms with van der Waals surface area (Å²) in [7, 11) is 0. The number of hydrogen-bond acceptors (Lipinski definition) is 5. The number of likely N-dealkylation sites (tertiary alicyclic amines) is 1. The van der Waals surface area contributed by atoms with E-state index in [1.165, 1.54) is 23.3 Å². The van der Waals surface area contributed by atoms with E-state index in [-0.39, 0.29) is 29.1 Å². The molecule has 0 aromatic heterocycles. The van der Waals surface area contributed by atoms with E-state index in [0.717, 1.165) is 31.5 Å². The Morgan fingerprint density at radius 2 is 1.57 bits per heavy atom. The van der Waals surface area contributed by atoms with Gasteiger partial charge in [0.2, 0.25) is 5.91 Å². The standard InChI is InChI=1S/C33H36N4O3/c1-25(36-22-19-33(20-23-36,27-10-4-2-5-11-27)28-12-6-3-7-13-28)24-31(26-15-17-29(18-16-26)37(39)40)35-32(38)30-14-8-9-21-34-30/h2-18,21,25,30-31,34H,19-20,22-24H2,1H3,(H,35,38). The summed E-state index contributed by atoms with van der Waals surface area (Å²) in [6.45, 7) is 4.08. The fraction of sp³-hybridized carbons (Fsp3) is 0.303. The first-order chi connectivity index (χ1) is 19.5. The molecule has 3 atom stereocenters. The molecule has 0 bridgehead atoms. The van der Waals surface area contributed by atoms with Crippen LogP contribution in [0.3, 0.4) is 0 Å². The number of benzene rings is 3. The van der Waals surface area contributed by atoms with Gasteiger partial charge in [0.15, 0.2) is 0 Å². The van der Waals surface area contributed by atoms with Crippen LogP contribution < -0.4 is 10.6 Å². The maximum absolute atomic E-state index is 13.1.